The van der Waals surface area contributed by atoms with Gasteiger partial charge in [0.15, 0.2) is 0 Å². The smallest absolute Gasteiger partial charge is 0.366 e. The predicted molar refractivity (Wildman–Crippen MR) is 352 cm³/mol. The van der Waals surface area contributed by atoms with Gasteiger partial charge in [-0.2, -0.15) is 0 Å². The molecule has 0 saturated carbocycles. The standard InChI is InChI=1S/2C27H17.C26H28P2.2Au/c2*1-2-20-12-11-19-25-26(20)23-17-9-10-18-24(23)27(25,21-13-5-3-6-14-21)22-15-7-4-8-16-22;1-5-13-23(14-6-1)27(24-15-7-2-8-16-24)21-22-28(25-17-9-3-10-18-25)26-19-11-4-12-20-26;;/h2*3-19H;1-3,5-11,13-17,19-20,25H,4,12,18,21-22H2;;/q2*-1;;2*+1/p+2. The van der Waals surface area contributed by atoms with E-state index in [1.807, 2.05) is 24.3 Å². The van der Waals surface area contributed by atoms with Crippen molar-refractivity contribution >= 4 is 26.5 Å². The molecule has 0 aliphatic heterocycles. The van der Waals surface area contributed by atoms with Crippen molar-refractivity contribution in [3.63, 3.8) is 0 Å². The van der Waals surface area contributed by atoms with Crippen LogP contribution >= 0.6 is 15.8 Å². The number of benzene rings is 10. The van der Waals surface area contributed by atoms with Gasteiger partial charge in [0.2, 0.25) is 0 Å². The van der Waals surface area contributed by atoms with Crippen molar-refractivity contribution in [2.24, 2.45) is 0 Å². The van der Waals surface area contributed by atoms with Crippen LogP contribution in [0.15, 0.2) is 315 Å². The minimum Gasteiger partial charge on any atom is -0.366 e. The molecular weight excluding hydrogens is 1420 g/mol. The Hall–Kier alpha value is -7.38. The van der Waals surface area contributed by atoms with Gasteiger partial charge in [0.1, 0.15) is 6.16 Å². The van der Waals surface area contributed by atoms with Gasteiger partial charge in [0.05, 0.1) is 46.5 Å². The third-order valence-corrected chi connectivity index (χ3v) is 23.5. The minimum atomic E-state index is -0.738. The van der Waals surface area contributed by atoms with Crippen LogP contribution in [0.3, 0.4) is 0 Å². The molecule has 0 aromatic heterocycles. The predicted octanol–water partition coefficient (Wildman–Crippen LogP) is 18.2. The Labute approximate surface area is 532 Å². The minimum absolute atomic E-state index is 0. The third-order valence-electron chi connectivity index (χ3n) is 16.9. The summed E-state index contributed by atoms with van der Waals surface area (Å²) in [6.07, 6.45) is 38.7. The Morgan fingerprint density at radius 3 is 1.17 bits per heavy atom. The van der Waals surface area contributed by atoms with Crippen molar-refractivity contribution < 1.29 is 44.8 Å². The average molecular weight is 1480 g/mol. The molecule has 0 heterocycles. The fourth-order valence-corrected chi connectivity index (χ4v) is 20.2. The Morgan fingerprint density at radius 1 is 0.393 bits per heavy atom. The normalized spacial score (nSPS) is 15.2. The molecule has 10 aromatic carbocycles. The van der Waals surface area contributed by atoms with Crippen molar-refractivity contribution in [1.29, 1.82) is 0 Å². The van der Waals surface area contributed by atoms with Gasteiger partial charge < -0.3 is 12.8 Å². The maximum atomic E-state index is 7.84. The molecule has 0 saturated heterocycles. The maximum absolute atomic E-state index is 7.84. The van der Waals surface area contributed by atoms with E-state index < -0.39 is 15.8 Å². The van der Waals surface area contributed by atoms with Crippen LogP contribution in [-0.4, -0.2) is 18.0 Å². The Morgan fingerprint density at radius 2 is 0.786 bits per heavy atom. The van der Waals surface area contributed by atoms with Crippen molar-refractivity contribution in [3.05, 3.63) is 383 Å². The summed E-state index contributed by atoms with van der Waals surface area (Å²) in [6, 6.07) is 94.8. The Kier molecular flexibility index (Phi) is 19.9. The zero-order chi connectivity index (χ0) is 55.6. The van der Waals surface area contributed by atoms with Crippen LogP contribution in [0.4, 0.5) is 0 Å². The molecule has 4 heteroatoms. The average Bonchev–Trinajstić information content (AvgIpc) is 1.61. The van der Waals surface area contributed by atoms with Crippen molar-refractivity contribution in [2.75, 3.05) is 12.3 Å². The number of fused-ring (bicyclic) bond motifs is 6. The SMILES string of the molecule is C1=CCC([PH+](CC[PH+](c2ccccc2)c2ccccc2)C2=CCCC=C2)C=C1.[Au+].[Au+].[C-]#Cc1cccc2c1-c1ccccc1C2(c1ccccc1)c1ccccc1.[C-]#Cc1cccc2c1-c1ccccc1C2(c1ccccc1)c1ccccc1. The van der Waals surface area contributed by atoms with Crippen LogP contribution in [0.2, 0.25) is 0 Å². The molecule has 2 unspecified atom stereocenters. The molecule has 414 valence electrons. The molecule has 0 fully saturated rings. The second-order valence-corrected chi connectivity index (χ2v) is 26.8. The molecular formula is C80H64Au2P2+2. The second-order valence-electron chi connectivity index (χ2n) is 21.3. The number of allylic oxidation sites excluding steroid dienone is 8. The molecule has 14 rings (SSSR count). The van der Waals surface area contributed by atoms with E-state index in [1.54, 1.807) is 15.9 Å². The van der Waals surface area contributed by atoms with Crippen LogP contribution in [0, 0.1) is 24.7 Å². The Balaban J connectivity index is 0.000000139. The monoisotopic (exact) mass is 1480 g/mol. The first-order valence-corrected chi connectivity index (χ1v) is 32.2. The van der Waals surface area contributed by atoms with Crippen molar-refractivity contribution in [1.82, 2.24) is 0 Å². The fraction of sp³-hybridized carbons (Fsp3) is 0.100. The summed E-state index contributed by atoms with van der Waals surface area (Å²) < 4.78 is 0. The van der Waals surface area contributed by atoms with Crippen LogP contribution in [-0.2, 0) is 55.6 Å². The summed E-state index contributed by atoms with van der Waals surface area (Å²) in [6.45, 7) is 0. The van der Waals surface area contributed by atoms with E-state index >= 15 is 0 Å². The van der Waals surface area contributed by atoms with E-state index in [9.17, 15) is 0 Å². The van der Waals surface area contributed by atoms with Gasteiger partial charge in [0.25, 0.3) is 0 Å². The quantitative estimate of drug-likeness (QED) is 0.0524. The van der Waals surface area contributed by atoms with E-state index in [0.717, 1.165) is 27.9 Å². The molecule has 0 nitrogen and oxygen atoms in total. The van der Waals surface area contributed by atoms with Gasteiger partial charge in [0, 0.05) is 14.3 Å². The summed E-state index contributed by atoms with van der Waals surface area (Å²) >= 11 is 0. The number of hydrogen-bond acceptors (Lipinski definition) is 0. The summed E-state index contributed by atoms with van der Waals surface area (Å²) in [4.78, 5) is 0. The number of rotatable bonds is 11. The molecule has 0 N–H and O–H groups in total. The topological polar surface area (TPSA) is 0 Å². The van der Waals surface area contributed by atoms with E-state index in [2.05, 4.69) is 297 Å². The summed E-state index contributed by atoms with van der Waals surface area (Å²) in [5, 5.41) is 4.77. The Bertz CT molecular complexity index is 3730. The van der Waals surface area contributed by atoms with Gasteiger partial charge in [-0.05, 0) is 111 Å². The molecule has 0 amide bonds. The summed E-state index contributed by atoms with van der Waals surface area (Å²) in [7, 11) is -1.33. The molecule has 10 aromatic rings. The summed E-state index contributed by atoms with van der Waals surface area (Å²) in [5.74, 6) is 5.32. The molecule has 0 bridgehead atoms. The van der Waals surface area contributed by atoms with Crippen LogP contribution in [0.5, 0.6) is 0 Å². The van der Waals surface area contributed by atoms with E-state index in [4.69, 9.17) is 12.8 Å². The van der Waals surface area contributed by atoms with Crippen molar-refractivity contribution in [3.8, 4) is 34.1 Å². The van der Waals surface area contributed by atoms with Gasteiger partial charge in [-0.3, -0.25) is 11.8 Å². The molecule has 0 radical (unpaired) electrons. The van der Waals surface area contributed by atoms with Crippen molar-refractivity contribution in [2.45, 2.75) is 35.8 Å². The zero-order valence-electron chi connectivity index (χ0n) is 46.7. The molecule has 0 spiro atoms. The van der Waals surface area contributed by atoms with Gasteiger partial charge in [-0.15, -0.1) is 23.3 Å². The molecule has 4 aliphatic carbocycles. The maximum Gasteiger partial charge on any atom is 1.00 e. The van der Waals surface area contributed by atoms with Gasteiger partial charge >= 0.3 is 44.8 Å². The third kappa shape index (κ3) is 11.5. The van der Waals surface area contributed by atoms with Gasteiger partial charge in [-0.25, -0.2) is 0 Å². The fourth-order valence-electron chi connectivity index (χ4n) is 13.4. The number of hydrogen-bond donors (Lipinski definition) is 0. The van der Waals surface area contributed by atoms with E-state index in [0.29, 0.717) is 0 Å². The molecule has 4 aliphatic rings. The first-order chi connectivity index (χ1) is 40.7. The molecule has 84 heavy (non-hydrogen) atoms. The summed E-state index contributed by atoms with van der Waals surface area (Å²) in [5.41, 5.74) is 16.2. The second kappa shape index (κ2) is 28.0. The van der Waals surface area contributed by atoms with Gasteiger partial charge in [-0.1, -0.05) is 266 Å². The van der Waals surface area contributed by atoms with E-state index in [1.165, 1.54) is 87.2 Å². The zero-order valence-corrected chi connectivity index (χ0v) is 53.0. The van der Waals surface area contributed by atoms with E-state index in [-0.39, 0.29) is 55.6 Å². The van der Waals surface area contributed by atoms with Crippen LogP contribution in [0.1, 0.15) is 74.9 Å². The largest absolute Gasteiger partial charge is 1.00 e. The molecule has 2 atom stereocenters. The first-order valence-electron chi connectivity index (χ1n) is 28.7. The first kappa shape index (κ1) is 59.8. The van der Waals surface area contributed by atoms with Crippen LogP contribution in [0.25, 0.3) is 22.3 Å². The van der Waals surface area contributed by atoms with Crippen LogP contribution < -0.4 is 10.6 Å².